The van der Waals surface area contributed by atoms with Crippen molar-refractivity contribution in [2.45, 2.75) is 57.0 Å². The molecule has 0 aromatic heterocycles. The third-order valence-corrected chi connectivity index (χ3v) is 3.99. The molecule has 112 valence electrons. The Morgan fingerprint density at radius 2 is 1.90 bits per heavy atom. The molecule has 2 aliphatic rings. The van der Waals surface area contributed by atoms with Gasteiger partial charge in [0.05, 0.1) is 0 Å². The maximum Gasteiger partial charge on any atom is 0.230 e. The van der Waals surface area contributed by atoms with Gasteiger partial charge in [-0.3, -0.25) is 19.7 Å². The minimum absolute atomic E-state index is 0.0566. The van der Waals surface area contributed by atoms with Crippen LogP contribution in [0.5, 0.6) is 0 Å². The molecule has 0 radical (unpaired) electrons. The quantitative estimate of drug-likeness (QED) is 0.550. The highest BCUT2D eigenvalue weighted by Crippen LogP contribution is 2.32. The normalized spacial score (nSPS) is 25.8. The van der Waals surface area contributed by atoms with Crippen molar-refractivity contribution in [3.05, 3.63) is 10.1 Å². The maximum absolute atomic E-state index is 11.7. The zero-order valence-corrected chi connectivity index (χ0v) is 11.5. The molecule has 0 aliphatic heterocycles. The van der Waals surface area contributed by atoms with Gasteiger partial charge in [0.15, 0.2) is 0 Å². The smallest absolute Gasteiger partial charge is 0.230 e. The van der Waals surface area contributed by atoms with Gasteiger partial charge in [0.2, 0.25) is 17.9 Å². The molecule has 20 heavy (non-hydrogen) atoms. The first-order valence-electron chi connectivity index (χ1n) is 7.28. The molecule has 0 aromatic rings. The summed E-state index contributed by atoms with van der Waals surface area (Å²) in [4.78, 5) is 33.2. The monoisotopic (exact) mass is 283 g/mol. The van der Waals surface area contributed by atoms with E-state index in [1.54, 1.807) is 0 Å². The molecular formula is C13H21N3O4. The summed E-state index contributed by atoms with van der Waals surface area (Å²) in [5.41, 5.74) is 0. The van der Waals surface area contributed by atoms with E-state index >= 15 is 0 Å². The lowest BCUT2D eigenvalue weighted by Gasteiger charge is -2.22. The fourth-order valence-corrected chi connectivity index (χ4v) is 2.67. The van der Waals surface area contributed by atoms with E-state index in [4.69, 9.17) is 0 Å². The highest BCUT2D eigenvalue weighted by Gasteiger charge is 2.53. The van der Waals surface area contributed by atoms with Crippen LogP contribution in [0.1, 0.15) is 44.9 Å². The van der Waals surface area contributed by atoms with Crippen LogP contribution in [0.2, 0.25) is 0 Å². The second-order valence-corrected chi connectivity index (χ2v) is 5.64. The van der Waals surface area contributed by atoms with E-state index in [0.29, 0.717) is 6.42 Å². The number of carbonyl (C=O) groups excluding carboxylic acids is 2. The number of rotatable bonds is 6. The minimum Gasteiger partial charge on any atom is -0.355 e. The Labute approximate surface area is 117 Å². The number of amides is 2. The summed E-state index contributed by atoms with van der Waals surface area (Å²) >= 11 is 0. The van der Waals surface area contributed by atoms with Gasteiger partial charge in [0, 0.05) is 30.4 Å². The molecule has 7 heteroatoms. The number of hydrogen-bond acceptors (Lipinski definition) is 4. The Bertz CT molecular complexity index is 393. The Hall–Kier alpha value is -1.66. The van der Waals surface area contributed by atoms with Crippen LogP contribution >= 0.6 is 0 Å². The fraction of sp³-hybridized carbons (Fsp3) is 0.846. The Morgan fingerprint density at radius 1 is 1.20 bits per heavy atom. The van der Waals surface area contributed by atoms with Crippen LogP contribution in [-0.2, 0) is 9.59 Å². The van der Waals surface area contributed by atoms with Crippen LogP contribution in [0.15, 0.2) is 0 Å². The lowest BCUT2D eigenvalue weighted by Crippen LogP contribution is -2.38. The summed E-state index contributed by atoms with van der Waals surface area (Å²) in [5, 5.41) is 16.0. The van der Waals surface area contributed by atoms with Crippen LogP contribution in [0, 0.1) is 16.0 Å². The van der Waals surface area contributed by atoms with Gasteiger partial charge in [0.25, 0.3) is 0 Å². The van der Waals surface area contributed by atoms with Gasteiger partial charge in [-0.2, -0.15) is 0 Å². The molecule has 0 heterocycles. The van der Waals surface area contributed by atoms with Crippen molar-refractivity contribution in [2.24, 2.45) is 5.92 Å². The van der Waals surface area contributed by atoms with Gasteiger partial charge in [0.1, 0.15) is 5.92 Å². The second-order valence-electron chi connectivity index (χ2n) is 5.64. The largest absolute Gasteiger partial charge is 0.355 e. The average molecular weight is 283 g/mol. The average Bonchev–Trinajstić information content (AvgIpc) is 3.20. The summed E-state index contributed by atoms with van der Waals surface area (Å²) < 4.78 is 0. The van der Waals surface area contributed by atoms with Crippen LogP contribution < -0.4 is 10.6 Å². The van der Waals surface area contributed by atoms with Gasteiger partial charge >= 0.3 is 0 Å². The van der Waals surface area contributed by atoms with Gasteiger partial charge in [-0.25, -0.2) is 0 Å². The molecule has 2 fully saturated rings. The standard InChI is InChI=1S/C13H21N3O4/c17-12(15-9-4-2-1-3-5-9)6-7-14-13(18)10-8-11(10)16(19)20/h9-11H,1-8H2,(H,14,18)(H,15,17)/t10-,11+/m1/s1. The number of nitrogens with zero attached hydrogens (tertiary/aromatic N) is 1. The third-order valence-electron chi connectivity index (χ3n) is 3.99. The molecule has 0 saturated heterocycles. The number of nitrogens with one attached hydrogen (secondary N) is 2. The number of nitro groups is 1. The highest BCUT2D eigenvalue weighted by molar-refractivity contribution is 5.83. The molecule has 2 rings (SSSR count). The number of carbonyl (C=O) groups is 2. The van der Waals surface area contributed by atoms with E-state index in [-0.39, 0.29) is 30.8 Å². The molecule has 2 N–H and O–H groups in total. The molecule has 0 unspecified atom stereocenters. The van der Waals surface area contributed by atoms with E-state index in [1.165, 1.54) is 6.42 Å². The van der Waals surface area contributed by atoms with Crippen molar-refractivity contribution in [1.29, 1.82) is 0 Å². The van der Waals surface area contributed by atoms with E-state index < -0.39 is 16.9 Å². The van der Waals surface area contributed by atoms with Crippen molar-refractivity contribution < 1.29 is 14.5 Å². The van der Waals surface area contributed by atoms with Crippen LogP contribution in [0.25, 0.3) is 0 Å². The number of hydrogen-bond donors (Lipinski definition) is 2. The second kappa shape index (κ2) is 6.67. The van der Waals surface area contributed by atoms with Gasteiger partial charge in [-0.1, -0.05) is 19.3 Å². The van der Waals surface area contributed by atoms with Crippen LogP contribution in [0.3, 0.4) is 0 Å². The molecule has 0 bridgehead atoms. The van der Waals surface area contributed by atoms with Gasteiger partial charge in [-0.05, 0) is 12.8 Å². The molecule has 0 spiro atoms. The fourth-order valence-electron chi connectivity index (χ4n) is 2.67. The van der Waals surface area contributed by atoms with Crippen molar-refractivity contribution in [3.8, 4) is 0 Å². The molecule has 7 nitrogen and oxygen atoms in total. The van der Waals surface area contributed by atoms with Crippen molar-refractivity contribution >= 4 is 11.8 Å². The first-order valence-corrected chi connectivity index (χ1v) is 7.28. The summed E-state index contributed by atoms with van der Waals surface area (Å²) in [6, 6.07) is -0.458. The zero-order valence-electron chi connectivity index (χ0n) is 11.5. The van der Waals surface area contributed by atoms with Crippen molar-refractivity contribution in [2.75, 3.05) is 6.54 Å². The SMILES string of the molecule is O=C(CCNC(=O)[C@@H]1C[C@@H]1[N+](=O)[O-])NC1CCCCC1. The Morgan fingerprint density at radius 3 is 2.50 bits per heavy atom. The molecule has 2 saturated carbocycles. The first kappa shape index (κ1) is 14.7. The minimum atomic E-state index is -0.730. The van der Waals surface area contributed by atoms with Crippen LogP contribution in [0.4, 0.5) is 0 Å². The topological polar surface area (TPSA) is 101 Å². The Kier molecular flexibility index (Phi) is 4.92. The third kappa shape index (κ3) is 4.18. The predicted molar refractivity (Wildman–Crippen MR) is 71.5 cm³/mol. The lowest BCUT2D eigenvalue weighted by molar-refractivity contribution is -0.497. The summed E-state index contributed by atoms with van der Waals surface area (Å²) in [6.45, 7) is 0.248. The van der Waals surface area contributed by atoms with Crippen LogP contribution in [-0.4, -0.2) is 35.4 Å². The summed E-state index contributed by atoms with van der Waals surface area (Å²) in [5.74, 6) is -0.873. The van der Waals surface area contributed by atoms with E-state index in [0.717, 1.165) is 25.7 Å². The van der Waals surface area contributed by atoms with E-state index in [2.05, 4.69) is 10.6 Å². The van der Waals surface area contributed by atoms with Crippen molar-refractivity contribution in [3.63, 3.8) is 0 Å². The molecule has 0 aromatic carbocycles. The molecule has 2 atom stereocenters. The highest BCUT2D eigenvalue weighted by atomic mass is 16.6. The first-order chi connectivity index (χ1) is 9.58. The van der Waals surface area contributed by atoms with Crippen molar-refractivity contribution in [1.82, 2.24) is 10.6 Å². The molecular weight excluding hydrogens is 262 g/mol. The van der Waals surface area contributed by atoms with Gasteiger partial charge in [-0.15, -0.1) is 0 Å². The lowest BCUT2D eigenvalue weighted by atomic mass is 9.95. The van der Waals surface area contributed by atoms with E-state index in [9.17, 15) is 19.7 Å². The zero-order chi connectivity index (χ0) is 14.5. The predicted octanol–water partition coefficient (Wildman–Crippen LogP) is 0.607. The molecule has 2 aliphatic carbocycles. The summed E-state index contributed by atoms with van der Waals surface area (Å²) in [6.07, 6.45) is 6.17. The Balaban J connectivity index is 1.57. The van der Waals surface area contributed by atoms with E-state index in [1.807, 2.05) is 0 Å². The maximum atomic E-state index is 11.7. The summed E-state index contributed by atoms with van der Waals surface area (Å²) in [7, 11) is 0. The van der Waals surface area contributed by atoms with Gasteiger partial charge < -0.3 is 10.6 Å². The molecule has 2 amide bonds.